The van der Waals surface area contributed by atoms with Gasteiger partial charge in [-0.15, -0.1) is 0 Å². The quantitative estimate of drug-likeness (QED) is 0.631. The summed E-state index contributed by atoms with van der Waals surface area (Å²) in [5, 5.41) is 5.70. The van der Waals surface area contributed by atoms with Gasteiger partial charge in [0.1, 0.15) is 0 Å². The molecule has 0 fully saturated rings. The summed E-state index contributed by atoms with van der Waals surface area (Å²) in [6, 6.07) is 17.5. The van der Waals surface area contributed by atoms with Crippen molar-refractivity contribution in [2.45, 2.75) is 0 Å². The Morgan fingerprint density at radius 3 is 2.65 bits per heavy atom. The van der Waals surface area contributed by atoms with Gasteiger partial charge in [-0.2, -0.15) is 9.78 Å². The Labute approximate surface area is 97.9 Å². The summed E-state index contributed by atoms with van der Waals surface area (Å²) in [7, 11) is 0. The molecule has 0 saturated heterocycles. The van der Waals surface area contributed by atoms with E-state index < -0.39 is 0 Å². The van der Waals surface area contributed by atoms with Crippen molar-refractivity contribution in [3.63, 3.8) is 0 Å². The van der Waals surface area contributed by atoms with Crippen molar-refractivity contribution in [1.29, 1.82) is 0 Å². The normalized spacial score (nSPS) is 10.6. The van der Waals surface area contributed by atoms with Crippen molar-refractivity contribution in [2.75, 3.05) is 0 Å². The molecule has 0 spiro atoms. The molecule has 0 amide bonds. The second-order valence-corrected chi connectivity index (χ2v) is 3.71. The molecule has 0 aliphatic heterocycles. The van der Waals surface area contributed by atoms with E-state index in [9.17, 15) is 4.79 Å². The molecule has 1 heterocycles. The van der Waals surface area contributed by atoms with E-state index in [-0.39, 0.29) is 5.56 Å². The van der Waals surface area contributed by atoms with E-state index in [0.29, 0.717) is 5.39 Å². The Morgan fingerprint density at radius 1 is 1.06 bits per heavy atom. The van der Waals surface area contributed by atoms with Crippen LogP contribution >= 0.6 is 0 Å². The Morgan fingerprint density at radius 2 is 1.82 bits per heavy atom. The Bertz CT molecular complexity index is 717. The average molecular weight is 221 g/mol. The van der Waals surface area contributed by atoms with Crippen molar-refractivity contribution in [1.82, 2.24) is 9.78 Å². The van der Waals surface area contributed by atoms with Gasteiger partial charge >= 0.3 is 0 Å². The lowest BCUT2D eigenvalue weighted by atomic mass is 10.2. The van der Waals surface area contributed by atoms with E-state index in [1.165, 1.54) is 4.68 Å². The average Bonchev–Trinajstić information content (AvgIpc) is 2.40. The summed E-state index contributed by atoms with van der Waals surface area (Å²) in [4.78, 5) is 12.2. The lowest BCUT2D eigenvalue weighted by Crippen LogP contribution is -2.20. The van der Waals surface area contributed by atoms with Gasteiger partial charge in [0, 0.05) is 5.39 Å². The van der Waals surface area contributed by atoms with Gasteiger partial charge < -0.3 is 0 Å². The molecule has 3 rings (SSSR count). The van der Waals surface area contributed by atoms with Crippen LogP contribution in [-0.4, -0.2) is 9.78 Å². The Hall–Kier alpha value is -2.42. The summed E-state index contributed by atoms with van der Waals surface area (Å²) in [5.74, 6) is 0. The van der Waals surface area contributed by atoms with E-state index in [1.54, 1.807) is 18.3 Å². The minimum Gasteiger partial charge on any atom is -0.267 e. The van der Waals surface area contributed by atoms with Crippen LogP contribution in [0.4, 0.5) is 0 Å². The third-order valence-corrected chi connectivity index (χ3v) is 2.64. The number of hydrogen-bond donors (Lipinski definition) is 0. The zero-order chi connectivity index (χ0) is 11.7. The Balaban J connectivity index is 2.33. The fourth-order valence-corrected chi connectivity index (χ4v) is 1.79. The van der Waals surface area contributed by atoms with Gasteiger partial charge in [0.2, 0.25) is 0 Å². The van der Waals surface area contributed by atoms with E-state index in [0.717, 1.165) is 11.1 Å². The second kappa shape index (κ2) is 3.87. The monoisotopic (exact) mass is 221 g/mol. The zero-order valence-electron chi connectivity index (χ0n) is 9.00. The standard InChI is InChI=1S/C14H9N2O/c17-14-13-9-5-4-6-11(13)10-15-16(14)12-7-2-1-3-8-12/h2-10H. The predicted octanol–water partition coefficient (Wildman–Crippen LogP) is 2.19. The summed E-state index contributed by atoms with van der Waals surface area (Å²) in [6.45, 7) is 0. The predicted molar refractivity (Wildman–Crippen MR) is 66.2 cm³/mol. The highest BCUT2D eigenvalue weighted by Gasteiger charge is 2.04. The molecule has 81 valence electrons. The van der Waals surface area contributed by atoms with Gasteiger partial charge in [-0.05, 0) is 24.3 Å². The van der Waals surface area contributed by atoms with Gasteiger partial charge in [-0.25, -0.2) is 0 Å². The summed E-state index contributed by atoms with van der Waals surface area (Å²) in [5.41, 5.74) is 0.647. The number of aromatic nitrogens is 2. The van der Waals surface area contributed by atoms with Crippen molar-refractivity contribution >= 4 is 10.8 Å². The topological polar surface area (TPSA) is 34.9 Å². The van der Waals surface area contributed by atoms with Crippen LogP contribution in [0.1, 0.15) is 0 Å². The van der Waals surface area contributed by atoms with Gasteiger partial charge in [0.25, 0.3) is 5.56 Å². The van der Waals surface area contributed by atoms with Gasteiger partial charge in [-0.3, -0.25) is 4.79 Å². The van der Waals surface area contributed by atoms with Crippen LogP contribution in [0.15, 0.2) is 59.5 Å². The molecular weight excluding hydrogens is 212 g/mol. The molecule has 0 saturated carbocycles. The highest BCUT2D eigenvalue weighted by Crippen LogP contribution is 2.09. The molecule has 2 aromatic carbocycles. The maximum Gasteiger partial charge on any atom is 0.279 e. The van der Waals surface area contributed by atoms with Crippen LogP contribution in [0.5, 0.6) is 0 Å². The van der Waals surface area contributed by atoms with Crippen LogP contribution in [0.25, 0.3) is 16.5 Å². The lowest BCUT2D eigenvalue weighted by molar-refractivity contribution is 0.821. The zero-order valence-corrected chi connectivity index (χ0v) is 9.00. The first-order valence-corrected chi connectivity index (χ1v) is 5.30. The largest absolute Gasteiger partial charge is 0.279 e. The molecule has 0 bridgehead atoms. The van der Waals surface area contributed by atoms with Gasteiger partial charge in [0.15, 0.2) is 0 Å². The first-order chi connectivity index (χ1) is 8.36. The summed E-state index contributed by atoms with van der Waals surface area (Å²) in [6.07, 6.45) is 1.70. The van der Waals surface area contributed by atoms with Crippen molar-refractivity contribution in [3.8, 4) is 5.69 Å². The molecule has 0 unspecified atom stereocenters. The SMILES string of the molecule is O=c1c2ccccc2cnn1-c1cc[c]cc1. The van der Waals surface area contributed by atoms with Gasteiger partial charge in [-0.1, -0.05) is 30.3 Å². The molecular formula is C14H9N2O. The van der Waals surface area contributed by atoms with E-state index in [4.69, 9.17) is 0 Å². The number of nitrogens with zero attached hydrogens (tertiary/aromatic N) is 2. The van der Waals surface area contributed by atoms with Crippen molar-refractivity contribution < 1.29 is 0 Å². The number of benzene rings is 2. The molecule has 0 aliphatic carbocycles. The van der Waals surface area contributed by atoms with Crippen molar-refractivity contribution in [3.05, 3.63) is 71.1 Å². The van der Waals surface area contributed by atoms with Crippen LogP contribution in [-0.2, 0) is 0 Å². The first-order valence-electron chi connectivity index (χ1n) is 5.30. The molecule has 3 heteroatoms. The van der Waals surface area contributed by atoms with Crippen LogP contribution < -0.4 is 5.56 Å². The summed E-state index contributed by atoms with van der Waals surface area (Å²) >= 11 is 0. The lowest BCUT2D eigenvalue weighted by Gasteiger charge is -2.04. The maximum absolute atomic E-state index is 12.2. The smallest absolute Gasteiger partial charge is 0.267 e. The van der Waals surface area contributed by atoms with E-state index >= 15 is 0 Å². The fraction of sp³-hybridized carbons (Fsp3) is 0. The molecule has 0 atom stereocenters. The van der Waals surface area contributed by atoms with Crippen molar-refractivity contribution in [2.24, 2.45) is 0 Å². The third kappa shape index (κ3) is 1.61. The molecule has 1 aromatic heterocycles. The highest BCUT2D eigenvalue weighted by atomic mass is 16.1. The minimum absolute atomic E-state index is 0.102. The molecule has 17 heavy (non-hydrogen) atoms. The number of fused-ring (bicyclic) bond motifs is 1. The molecule has 3 aromatic rings. The first kappa shape index (κ1) is 9.78. The second-order valence-electron chi connectivity index (χ2n) is 3.71. The molecule has 0 aliphatic rings. The van der Waals surface area contributed by atoms with E-state index in [1.807, 2.05) is 36.4 Å². The van der Waals surface area contributed by atoms with Gasteiger partial charge in [0.05, 0.1) is 17.3 Å². The molecule has 3 nitrogen and oxygen atoms in total. The maximum atomic E-state index is 12.2. The number of hydrogen-bond acceptors (Lipinski definition) is 2. The van der Waals surface area contributed by atoms with Crippen LogP contribution in [0.2, 0.25) is 0 Å². The Kier molecular flexibility index (Phi) is 2.22. The minimum atomic E-state index is -0.102. The highest BCUT2D eigenvalue weighted by molar-refractivity contribution is 5.80. The van der Waals surface area contributed by atoms with E-state index in [2.05, 4.69) is 11.2 Å². The fourth-order valence-electron chi connectivity index (χ4n) is 1.79. The number of rotatable bonds is 1. The van der Waals surface area contributed by atoms with Crippen LogP contribution in [0.3, 0.4) is 0 Å². The third-order valence-electron chi connectivity index (χ3n) is 2.64. The summed E-state index contributed by atoms with van der Waals surface area (Å²) < 4.78 is 1.40. The molecule has 0 N–H and O–H groups in total. The molecule has 1 radical (unpaired) electrons. The van der Waals surface area contributed by atoms with Crippen LogP contribution in [0, 0.1) is 6.07 Å².